The molecule has 29 heavy (non-hydrogen) atoms. The Morgan fingerprint density at radius 2 is 1.97 bits per heavy atom. The number of fused-ring (bicyclic) bond motifs is 3. The maximum absolute atomic E-state index is 9.95. The number of rotatable bonds is 4. The molecule has 2 N–H and O–H groups in total. The van der Waals surface area contributed by atoms with E-state index in [9.17, 15) is 5.11 Å². The Kier molecular flexibility index (Phi) is 4.65. The zero-order chi connectivity index (χ0) is 19.6. The fourth-order valence-corrected chi connectivity index (χ4v) is 4.88. The minimum Gasteiger partial charge on any atom is -0.507 e. The second-order valence-electron chi connectivity index (χ2n) is 6.96. The average molecular weight is 401 g/mol. The number of para-hydroxylation sites is 1. The minimum absolute atomic E-state index is 0.190. The van der Waals surface area contributed by atoms with Crippen LogP contribution in [0.1, 0.15) is 28.8 Å². The summed E-state index contributed by atoms with van der Waals surface area (Å²) in [7, 11) is 0. The highest BCUT2D eigenvalue weighted by atomic mass is 32.1. The Hall–Kier alpha value is -3.32. The van der Waals surface area contributed by atoms with Crippen molar-refractivity contribution < 1.29 is 5.11 Å². The summed E-state index contributed by atoms with van der Waals surface area (Å²) < 4.78 is 0. The molecule has 1 aliphatic rings. The normalized spacial score (nSPS) is 13.7. The van der Waals surface area contributed by atoms with Crippen molar-refractivity contribution >= 4 is 33.6 Å². The van der Waals surface area contributed by atoms with Gasteiger partial charge in [0.25, 0.3) is 0 Å². The number of aromatic nitrogens is 3. The third kappa shape index (κ3) is 3.45. The molecule has 5 rings (SSSR count). The van der Waals surface area contributed by atoms with Crippen LogP contribution in [0.25, 0.3) is 21.6 Å². The summed E-state index contributed by atoms with van der Waals surface area (Å²) in [4.78, 5) is 16.2. The second-order valence-corrected chi connectivity index (χ2v) is 8.04. The molecule has 7 heteroatoms. The van der Waals surface area contributed by atoms with Crippen LogP contribution < -0.4 is 5.43 Å². The Balaban J connectivity index is 1.59. The van der Waals surface area contributed by atoms with E-state index in [1.807, 2.05) is 24.3 Å². The molecule has 0 saturated carbocycles. The molecule has 1 aliphatic carbocycles. The van der Waals surface area contributed by atoms with E-state index in [1.165, 1.54) is 23.3 Å². The van der Waals surface area contributed by atoms with Crippen LogP contribution in [0.4, 0.5) is 5.82 Å². The Labute approximate surface area is 172 Å². The van der Waals surface area contributed by atoms with Gasteiger partial charge in [0.05, 0.1) is 11.6 Å². The third-order valence-electron chi connectivity index (χ3n) is 5.05. The number of benzene rings is 1. The number of hydrazone groups is 1. The summed E-state index contributed by atoms with van der Waals surface area (Å²) in [6.45, 7) is 0. The molecule has 3 aromatic heterocycles. The van der Waals surface area contributed by atoms with E-state index >= 15 is 0 Å². The highest BCUT2D eigenvalue weighted by molar-refractivity contribution is 7.19. The van der Waals surface area contributed by atoms with E-state index < -0.39 is 0 Å². The van der Waals surface area contributed by atoms with Crippen LogP contribution in [-0.4, -0.2) is 26.3 Å². The molecule has 0 amide bonds. The average Bonchev–Trinajstić information content (AvgIpc) is 3.14. The quantitative estimate of drug-likeness (QED) is 0.380. The van der Waals surface area contributed by atoms with Gasteiger partial charge in [-0.05, 0) is 55.5 Å². The lowest BCUT2D eigenvalue weighted by Crippen LogP contribution is -2.02. The SMILES string of the molecule is Oc1ccccc1/C=N\Nc1nc(-c2cccnc2)nc2sc3c(c12)CCCC3. The number of aromatic hydroxyl groups is 1. The van der Waals surface area contributed by atoms with Gasteiger partial charge in [-0.15, -0.1) is 11.3 Å². The number of hydrogen-bond donors (Lipinski definition) is 2. The van der Waals surface area contributed by atoms with Crippen LogP contribution >= 0.6 is 11.3 Å². The molecule has 0 aliphatic heterocycles. The summed E-state index contributed by atoms with van der Waals surface area (Å²) in [5, 5.41) is 15.4. The maximum Gasteiger partial charge on any atom is 0.164 e. The Bertz CT molecular complexity index is 1200. The van der Waals surface area contributed by atoms with Crippen molar-refractivity contribution in [2.45, 2.75) is 25.7 Å². The van der Waals surface area contributed by atoms with Crippen LogP contribution in [0.15, 0.2) is 53.9 Å². The highest BCUT2D eigenvalue weighted by Gasteiger charge is 2.21. The van der Waals surface area contributed by atoms with Gasteiger partial charge >= 0.3 is 0 Å². The molecule has 0 radical (unpaired) electrons. The molecule has 4 aromatic rings. The molecule has 0 bridgehead atoms. The number of anilines is 1. The van der Waals surface area contributed by atoms with Crippen molar-refractivity contribution in [2.24, 2.45) is 5.10 Å². The predicted molar refractivity (Wildman–Crippen MR) is 117 cm³/mol. The maximum atomic E-state index is 9.95. The zero-order valence-corrected chi connectivity index (χ0v) is 16.5. The summed E-state index contributed by atoms with van der Waals surface area (Å²) in [6, 6.07) is 10.9. The first kappa shape index (κ1) is 17.8. The van der Waals surface area contributed by atoms with Gasteiger partial charge in [0.15, 0.2) is 11.6 Å². The van der Waals surface area contributed by atoms with Gasteiger partial charge in [0, 0.05) is 28.4 Å². The third-order valence-corrected chi connectivity index (χ3v) is 6.23. The van der Waals surface area contributed by atoms with Crippen LogP contribution in [0.2, 0.25) is 0 Å². The van der Waals surface area contributed by atoms with Crippen molar-refractivity contribution in [3.8, 4) is 17.1 Å². The van der Waals surface area contributed by atoms with Crippen LogP contribution in [0.3, 0.4) is 0 Å². The summed E-state index contributed by atoms with van der Waals surface area (Å²) in [5.41, 5.74) is 5.96. The number of phenolic OH excluding ortho intramolecular Hbond substituents is 1. The van der Waals surface area contributed by atoms with Gasteiger partial charge in [0.1, 0.15) is 10.6 Å². The molecular weight excluding hydrogens is 382 g/mol. The number of nitrogens with one attached hydrogen (secondary N) is 1. The van der Waals surface area contributed by atoms with E-state index in [0.717, 1.165) is 28.6 Å². The first-order chi connectivity index (χ1) is 14.3. The number of hydrogen-bond acceptors (Lipinski definition) is 7. The van der Waals surface area contributed by atoms with E-state index in [4.69, 9.17) is 9.97 Å². The van der Waals surface area contributed by atoms with Crippen molar-refractivity contribution in [1.29, 1.82) is 0 Å². The van der Waals surface area contributed by atoms with E-state index in [0.29, 0.717) is 17.2 Å². The van der Waals surface area contributed by atoms with E-state index in [-0.39, 0.29) is 5.75 Å². The van der Waals surface area contributed by atoms with E-state index in [1.54, 1.807) is 42.1 Å². The lowest BCUT2D eigenvalue weighted by molar-refractivity contribution is 0.474. The molecular formula is C22H19N5OS. The molecule has 0 spiro atoms. The molecule has 0 atom stereocenters. The van der Waals surface area contributed by atoms with Crippen LogP contribution in [-0.2, 0) is 12.8 Å². The van der Waals surface area contributed by atoms with Crippen molar-refractivity contribution in [1.82, 2.24) is 15.0 Å². The van der Waals surface area contributed by atoms with Gasteiger partial charge < -0.3 is 5.11 Å². The van der Waals surface area contributed by atoms with Crippen molar-refractivity contribution in [3.05, 3.63) is 64.8 Å². The van der Waals surface area contributed by atoms with Gasteiger partial charge in [-0.1, -0.05) is 12.1 Å². The van der Waals surface area contributed by atoms with Crippen molar-refractivity contribution in [3.63, 3.8) is 0 Å². The summed E-state index contributed by atoms with van der Waals surface area (Å²) in [6.07, 6.45) is 9.65. The molecule has 3 heterocycles. The zero-order valence-electron chi connectivity index (χ0n) is 15.7. The summed E-state index contributed by atoms with van der Waals surface area (Å²) >= 11 is 1.75. The smallest absolute Gasteiger partial charge is 0.164 e. The molecule has 6 nitrogen and oxygen atoms in total. The fraction of sp³-hybridized carbons (Fsp3) is 0.182. The lowest BCUT2D eigenvalue weighted by Gasteiger charge is -2.12. The number of pyridine rings is 1. The van der Waals surface area contributed by atoms with Gasteiger partial charge in [0.2, 0.25) is 0 Å². The van der Waals surface area contributed by atoms with Gasteiger partial charge in [-0.3, -0.25) is 10.4 Å². The Morgan fingerprint density at radius 3 is 2.83 bits per heavy atom. The minimum atomic E-state index is 0.190. The number of aryl methyl sites for hydroxylation is 2. The number of thiophene rings is 1. The molecule has 0 unspecified atom stereocenters. The largest absolute Gasteiger partial charge is 0.507 e. The lowest BCUT2D eigenvalue weighted by atomic mass is 9.97. The fourth-order valence-electron chi connectivity index (χ4n) is 3.62. The van der Waals surface area contributed by atoms with Crippen LogP contribution in [0, 0.1) is 0 Å². The van der Waals surface area contributed by atoms with E-state index in [2.05, 4.69) is 15.5 Å². The van der Waals surface area contributed by atoms with Crippen LogP contribution in [0.5, 0.6) is 5.75 Å². The first-order valence-electron chi connectivity index (χ1n) is 9.59. The molecule has 144 valence electrons. The highest BCUT2D eigenvalue weighted by Crippen LogP contribution is 2.39. The molecule has 1 aromatic carbocycles. The molecule has 0 saturated heterocycles. The monoisotopic (exact) mass is 401 g/mol. The topological polar surface area (TPSA) is 83.3 Å². The second kappa shape index (κ2) is 7.60. The summed E-state index contributed by atoms with van der Waals surface area (Å²) in [5.74, 6) is 1.51. The van der Waals surface area contributed by atoms with Gasteiger partial charge in [-0.2, -0.15) is 5.10 Å². The Morgan fingerprint density at radius 1 is 1.07 bits per heavy atom. The molecule has 0 fully saturated rings. The predicted octanol–water partition coefficient (Wildman–Crippen LogP) is 4.78. The first-order valence-corrected chi connectivity index (χ1v) is 10.4. The number of nitrogens with zero attached hydrogens (tertiary/aromatic N) is 4. The standard InChI is InChI=1S/C22H19N5OS/c28-17-9-3-1-6-14(17)13-24-27-21-19-16-8-2-4-10-18(16)29-22(19)26-20(25-21)15-7-5-11-23-12-15/h1,3,5-7,9,11-13,28H,2,4,8,10H2,(H,25,26,27)/b24-13-. The number of phenols is 1. The van der Waals surface area contributed by atoms with Crippen molar-refractivity contribution in [2.75, 3.05) is 5.43 Å². The van der Waals surface area contributed by atoms with Gasteiger partial charge in [-0.25, -0.2) is 9.97 Å².